The number of hydrogen-bond acceptors (Lipinski definition) is 3. The van der Waals surface area contributed by atoms with Crippen molar-refractivity contribution in [2.45, 2.75) is 32.4 Å². The number of benzene rings is 5. The van der Waals surface area contributed by atoms with Crippen LogP contribution in [0.5, 0.6) is 0 Å². The van der Waals surface area contributed by atoms with Crippen LogP contribution in [0.15, 0.2) is 103 Å². The number of nitrogens with two attached hydrogens (primary N) is 1. The fourth-order valence-electron chi connectivity index (χ4n) is 5.84. The Hall–Kier alpha value is -4.97. The average Bonchev–Trinajstić information content (AvgIpc) is 3.01. The van der Waals surface area contributed by atoms with Gasteiger partial charge in [-0.1, -0.05) is 60.7 Å². The molecule has 2 amide bonds. The highest BCUT2D eigenvalue weighted by Crippen LogP contribution is 2.32. The molecule has 0 saturated heterocycles. The van der Waals surface area contributed by atoms with E-state index in [-0.39, 0.29) is 17.8 Å². The Morgan fingerprint density at radius 2 is 1.69 bits per heavy atom. The molecule has 5 nitrogen and oxygen atoms in total. The van der Waals surface area contributed by atoms with Crippen LogP contribution >= 0.6 is 0 Å². The zero-order valence-corrected chi connectivity index (χ0v) is 23.4. The summed E-state index contributed by atoms with van der Waals surface area (Å²) in [5, 5.41) is 5.45. The lowest BCUT2D eigenvalue weighted by Gasteiger charge is -2.32. The van der Waals surface area contributed by atoms with Crippen LogP contribution in [0.2, 0.25) is 0 Å². The molecular weight excluding hydrogens is 525 g/mol. The largest absolute Gasteiger partial charge is 0.367 e. The first-order valence-electron chi connectivity index (χ1n) is 14.2. The smallest absolute Gasteiger partial charge is 0.251 e. The third kappa shape index (κ3) is 5.48. The maximum Gasteiger partial charge on any atom is 0.251 e. The van der Waals surface area contributed by atoms with Crippen molar-refractivity contribution < 1.29 is 14.0 Å². The first-order valence-corrected chi connectivity index (χ1v) is 14.2. The van der Waals surface area contributed by atoms with Crippen LogP contribution in [0, 0.1) is 5.82 Å². The lowest BCUT2D eigenvalue weighted by atomic mass is 9.96. The zero-order chi connectivity index (χ0) is 29.2. The Balaban J connectivity index is 1.20. The number of rotatable bonds is 7. The van der Waals surface area contributed by atoms with Crippen LogP contribution in [0.25, 0.3) is 21.9 Å². The van der Waals surface area contributed by atoms with Gasteiger partial charge in [-0.2, -0.15) is 0 Å². The van der Waals surface area contributed by atoms with E-state index in [9.17, 15) is 9.59 Å². The molecule has 0 spiro atoms. The fraction of sp³-hybridized carbons (Fsp3) is 0.167. The quantitative estimate of drug-likeness (QED) is 0.222. The van der Waals surface area contributed by atoms with Crippen LogP contribution < -0.4 is 16.0 Å². The topological polar surface area (TPSA) is 75.4 Å². The highest BCUT2D eigenvalue weighted by atomic mass is 19.1. The van der Waals surface area contributed by atoms with Gasteiger partial charge >= 0.3 is 0 Å². The summed E-state index contributed by atoms with van der Waals surface area (Å²) in [6.07, 6.45) is 1.75. The molecule has 1 heterocycles. The van der Waals surface area contributed by atoms with Gasteiger partial charge in [0.2, 0.25) is 5.91 Å². The van der Waals surface area contributed by atoms with E-state index in [1.165, 1.54) is 11.5 Å². The number of anilines is 1. The van der Waals surface area contributed by atoms with Gasteiger partial charge in [-0.3, -0.25) is 9.59 Å². The van der Waals surface area contributed by atoms with Crippen molar-refractivity contribution in [3.63, 3.8) is 0 Å². The maximum absolute atomic E-state index is 15.0. The van der Waals surface area contributed by atoms with E-state index in [0.29, 0.717) is 28.8 Å². The van der Waals surface area contributed by atoms with E-state index >= 15 is 4.39 Å². The SMILES string of the molecule is C[C@H](NC(=O)c1ccc2c(c1)CCCN2Cc1cc(-c2ccccc2C(N)=O)ccc1F)c1ccc2ccccc2c1. The summed E-state index contributed by atoms with van der Waals surface area (Å²) in [4.78, 5) is 27.4. The van der Waals surface area contributed by atoms with Crippen LogP contribution in [0.3, 0.4) is 0 Å². The molecule has 42 heavy (non-hydrogen) atoms. The van der Waals surface area contributed by atoms with Gasteiger partial charge in [0.1, 0.15) is 5.82 Å². The Bertz CT molecular complexity index is 1820. The van der Waals surface area contributed by atoms with E-state index in [4.69, 9.17) is 5.73 Å². The fourth-order valence-corrected chi connectivity index (χ4v) is 5.84. The van der Waals surface area contributed by atoms with Crippen LogP contribution in [0.1, 0.15) is 56.8 Å². The first-order chi connectivity index (χ1) is 20.4. The third-order valence-corrected chi connectivity index (χ3v) is 8.09. The van der Waals surface area contributed by atoms with E-state index < -0.39 is 5.91 Å². The molecule has 3 N–H and O–H groups in total. The van der Waals surface area contributed by atoms with E-state index in [1.54, 1.807) is 24.3 Å². The number of primary amides is 1. The van der Waals surface area contributed by atoms with Gasteiger partial charge < -0.3 is 16.0 Å². The zero-order valence-electron chi connectivity index (χ0n) is 23.4. The van der Waals surface area contributed by atoms with Crippen molar-refractivity contribution in [2.75, 3.05) is 11.4 Å². The van der Waals surface area contributed by atoms with Crippen LogP contribution in [-0.2, 0) is 13.0 Å². The summed E-state index contributed by atoms with van der Waals surface area (Å²) < 4.78 is 15.0. The highest BCUT2D eigenvalue weighted by molar-refractivity contribution is 6.00. The molecule has 6 rings (SSSR count). The van der Waals surface area contributed by atoms with Gasteiger partial charge in [-0.05, 0) is 95.3 Å². The number of amides is 2. The second-order valence-corrected chi connectivity index (χ2v) is 10.9. The Kier molecular flexibility index (Phi) is 7.44. The van der Waals surface area contributed by atoms with Crippen LogP contribution in [-0.4, -0.2) is 18.4 Å². The molecule has 0 unspecified atom stereocenters. The summed E-state index contributed by atoms with van der Waals surface area (Å²) in [6.45, 7) is 3.14. The minimum Gasteiger partial charge on any atom is -0.367 e. The molecule has 6 heteroatoms. The predicted octanol–water partition coefficient (Wildman–Crippen LogP) is 7.19. The standard InChI is InChI=1S/C36H32FN3O2/c1-23(25-13-12-24-7-2-3-8-26(24)19-25)39-36(42)29-15-17-34-28(21-29)9-6-18-40(34)22-30-20-27(14-16-33(30)37)31-10-4-5-11-32(31)35(38)41/h2-5,7-8,10-17,19-21,23H,6,9,18,22H2,1H3,(H2,38,41)(H,39,42)/t23-/m0/s1. The van der Waals surface area contributed by atoms with Crippen molar-refractivity contribution in [2.24, 2.45) is 5.73 Å². The van der Waals surface area contributed by atoms with Crippen molar-refractivity contribution in [1.29, 1.82) is 0 Å². The molecule has 0 aliphatic carbocycles. The van der Waals surface area contributed by atoms with Gasteiger partial charge in [0.05, 0.1) is 6.04 Å². The number of carbonyl (C=O) groups excluding carboxylic acids is 2. The summed E-state index contributed by atoms with van der Waals surface area (Å²) in [5.74, 6) is -0.948. The highest BCUT2D eigenvalue weighted by Gasteiger charge is 2.21. The van der Waals surface area contributed by atoms with Crippen molar-refractivity contribution in [3.8, 4) is 11.1 Å². The van der Waals surface area contributed by atoms with Crippen molar-refractivity contribution in [3.05, 3.63) is 137 Å². The predicted molar refractivity (Wildman–Crippen MR) is 166 cm³/mol. The molecule has 210 valence electrons. The molecule has 5 aromatic rings. The molecule has 0 saturated carbocycles. The van der Waals surface area contributed by atoms with Crippen LogP contribution in [0.4, 0.5) is 10.1 Å². The van der Waals surface area contributed by atoms with E-state index in [1.807, 2.05) is 49.4 Å². The molecule has 0 bridgehead atoms. The molecule has 0 aromatic heterocycles. The molecule has 5 aromatic carbocycles. The number of fused-ring (bicyclic) bond motifs is 2. The molecule has 1 aliphatic heterocycles. The molecule has 0 fully saturated rings. The van der Waals surface area contributed by atoms with Gasteiger partial charge in [0.25, 0.3) is 5.91 Å². The number of carbonyl (C=O) groups is 2. The minimum absolute atomic E-state index is 0.123. The van der Waals surface area contributed by atoms with Gasteiger partial charge in [-0.15, -0.1) is 0 Å². The molecule has 0 radical (unpaired) electrons. The number of nitrogens with zero attached hydrogens (tertiary/aromatic N) is 1. The van der Waals surface area contributed by atoms with Crippen molar-refractivity contribution >= 4 is 28.3 Å². The van der Waals surface area contributed by atoms with E-state index in [0.717, 1.165) is 47.2 Å². The average molecular weight is 558 g/mol. The Morgan fingerprint density at radius 1 is 0.905 bits per heavy atom. The Labute approximate surface area is 244 Å². The monoisotopic (exact) mass is 557 g/mol. The molecule has 1 atom stereocenters. The Morgan fingerprint density at radius 3 is 2.52 bits per heavy atom. The second kappa shape index (κ2) is 11.5. The van der Waals surface area contributed by atoms with Crippen molar-refractivity contribution in [1.82, 2.24) is 5.32 Å². The lowest BCUT2D eigenvalue weighted by molar-refractivity contribution is 0.0938. The van der Waals surface area contributed by atoms with E-state index in [2.05, 4.69) is 40.5 Å². The summed E-state index contributed by atoms with van der Waals surface area (Å²) in [7, 11) is 0. The second-order valence-electron chi connectivity index (χ2n) is 10.9. The summed E-state index contributed by atoms with van der Waals surface area (Å²) in [6, 6.07) is 32.1. The van der Waals surface area contributed by atoms with Gasteiger partial charge in [0, 0.05) is 35.5 Å². The maximum atomic E-state index is 15.0. The normalized spacial score (nSPS) is 13.4. The number of nitrogens with one attached hydrogen (secondary N) is 1. The molecular formula is C36H32FN3O2. The summed E-state index contributed by atoms with van der Waals surface area (Å²) in [5.41, 5.74) is 11.7. The minimum atomic E-state index is -0.520. The third-order valence-electron chi connectivity index (χ3n) is 8.09. The first kappa shape index (κ1) is 27.2. The summed E-state index contributed by atoms with van der Waals surface area (Å²) >= 11 is 0. The number of halogens is 1. The lowest BCUT2D eigenvalue weighted by Crippen LogP contribution is -2.30. The number of hydrogen-bond donors (Lipinski definition) is 2. The van der Waals surface area contributed by atoms with Gasteiger partial charge in [-0.25, -0.2) is 4.39 Å². The van der Waals surface area contributed by atoms with Gasteiger partial charge in [0.15, 0.2) is 0 Å². The molecule has 1 aliphatic rings. The number of aryl methyl sites for hydroxylation is 1.